The standard InChI is InChI=1S/C18H15Cl2N3O2S/c19-12-6-5-11(15(20)7-12)9-26-10-17(24)22-23-18(25)14-8-21-16-4-2-1-3-13(14)16/h1-8,21H,9-10H2,(H,22,24)(H,23,25). The van der Waals surface area contributed by atoms with Crippen molar-refractivity contribution in [3.63, 3.8) is 0 Å². The first-order chi connectivity index (χ1) is 12.5. The lowest BCUT2D eigenvalue weighted by molar-refractivity contribution is -0.119. The Labute approximate surface area is 164 Å². The van der Waals surface area contributed by atoms with Crippen LogP contribution in [0.25, 0.3) is 10.9 Å². The molecule has 0 aliphatic heterocycles. The third-order valence-electron chi connectivity index (χ3n) is 3.66. The molecule has 0 bridgehead atoms. The van der Waals surface area contributed by atoms with E-state index in [1.165, 1.54) is 11.8 Å². The highest BCUT2D eigenvalue weighted by Crippen LogP contribution is 2.24. The number of aromatic nitrogens is 1. The molecule has 3 aromatic rings. The molecule has 3 N–H and O–H groups in total. The van der Waals surface area contributed by atoms with Crippen LogP contribution >= 0.6 is 35.0 Å². The number of fused-ring (bicyclic) bond motifs is 1. The molecule has 3 rings (SSSR count). The van der Waals surface area contributed by atoms with E-state index in [9.17, 15) is 9.59 Å². The minimum Gasteiger partial charge on any atom is -0.360 e. The predicted octanol–water partition coefficient (Wildman–Crippen LogP) is 4.17. The Morgan fingerprint density at radius 1 is 1.08 bits per heavy atom. The second kappa shape index (κ2) is 8.49. The Morgan fingerprint density at radius 2 is 1.88 bits per heavy atom. The van der Waals surface area contributed by atoms with Gasteiger partial charge in [-0.25, -0.2) is 0 Å². The van der Waals surface area contributed by atoms with Crippen LogP contribution < -0.4 is 10.9 Å². The van der Waals surface area contributed by atoms with Crippen LogP contribution in [-0.4, -0.2) is 22.6 Å². The monoisotopic (exact) mass is 407 g/mol. The number of hydrazine groups is 1. The van der Waals surface area contributed by atoms with Gasteiger partial charge in [0, 0.05) is 32.9 Å². The number of hydrogen-bond donors (Lipinski definition) is 3. The summed E-state index contributed by atoms with van der Waals surface area (Å²) in [5.74, 6) is 0.0854. The summed E-state index contributed by atoms with van der Waals surface area (Å²) in [4.78, 5) is 27.1. The second-order valence-electron chi connectivity index (χ2n) is 5.48. The number of halogens is 2. The summed E-state index contributed by atoms with van der Waals surface area (Å²) >= 11 is 13.3. The number of carbonyl (C=O) groups excluding carboxylic acids is 2. The van der Waals surface area contributed by atoms with E-state index >= 15 is 0 Å². The zero-order valence-corrected chi connectivity index (χ0v) is 15.8. The van der Waals surface area contributed by atoms with E-state index in [0.29, 0.717) is 21.4 Å². The van der Waals surface area contributed by atoms with Crippen molar-refractivity contribution in [2.24, 2.45) is 0 Å². The molecule has 0 fully saturated rings. The first-order valence-corrected chi connectivity index (χ1v) is 9.62. The molecule has 0 radical (unpaired) electrons. The Balaban J connectivity index is 1.47. The number of aromatic amines is 1. The Bertz CT molecular complexity index is 959. The van der Waals surface area contributed by atoms with Crippen molar-refractivity contribution >= 4 is 57.7 Å². The SMILES string of the molecule is O=C(CSCc1ccc(Cl)cc1Cl)NNC(=O)c1c[nH]c2ccccc12. The predicted molar refractivity (Wildman–Crippen MR) is 107 cm³/mol. The first kappa shape index (κ1) is 18.6. The van der Waals surface area contributed by atoms with E-state index in [1.807, 2.05) is 30.3 Å². The van der Waals surface area contributed by atoms with Gasteiger partial charge in [-0.3, -0.25) is 20.4 Å². The average Bonchev–Trinajstić information content (AvgIpc) is 3.06. The topological polar surface area (TPSA) is 74.0 Å². The number of amides is 2. The van der Waals surface area contributed by atoms with Gasteiger partial charge in [-0.2, -0.15) is 0 Å². The van der Waals surface area contributed by atoms with Gasteiger partial charge >= 0.3 is 0 Å². The van der Waals surface area contributed by atoms with Crippen molar-refractivity contribution < 1.29 is 9.59 Å². The lowest BCUT2D eigenvalue weighted by atomic mass is 10.2. The largest absolute Gasteiger partial charge is 0.360 e. The molecule has 0 aliphatic carbocycles. The van der Waals surface area contributed by atoms with E-state index in [0.717, 1.165) is 16.5 Å². The molecule has 2 aromatic carbocycles. The summed E-state index contributed by atoms with van der Waals surface area (Å²) < 4.78 is 0. The van der Waals surface area contributed by atoms with Crippen LogP contribution in [0.15, 0.2) is 48.7 Å². The van der Waals surface area contributed by atoms with Crippen LogP contribution in [-0.2, 0) is 10.5 Å². The molecule has 0 aliphatic rings. The van der Waals surface area contributed by atoms with Crippen LogP contribution in [0.1, 0.15) is 15.9 Å². The minimum atomic E-state index is -0.374. The maximum atomic E-state index is 12.2. The van der Waals surface area contributed by atoms with Gasteiger partial charge in [0.15, 0.2) is 0 Å². The minimum absolute atomic E-state index is 0.188. The summed E-state index contributed by atoms with van der Waals surface area (Å²) in [6.45, 7) is 0. The number of nitrogens with one attached hydrogen (secondary N) is 3. The molecule has 0 saturated carbocycles. The Morgan fingerprint density at radius 3 is 2.69 bits per heavy atom. The van der Waals surface area contributed by atoms with Crippen LogP contribution in [0.4, 0.5) is 0 Å². The van der Waals surface area contributed by atoms with Crippen molar-refractivity contribution in [3.8, 4) is 0 Å². The first-order valence-electron chi connectivity index (χ1n) is 7.71. The van der Waals surface area contributed by atoms with Gasteiger partial charge in [-0.1, -0.05) is 47.5 Å². The number of H-pyrrole nitrogens is 1. The van der Waals surface area contributed by atoms with E-state index in [4.69, 9.17) is 23.2 Å². The molecule has 0 saturated heterocycles. The van der Waals surface area contributed by atoms with Crippen LogP contribution in [0.2, 0.25) is 10.0 Å². The zero-order chi connectivity index (χ0) is 18.5. The van der Waals surface area contributed by atoms with Crippen LogP contribution in [0, 0.1) is 0 Å². The number of benzene rings is 2. The van der Waals surface area contributed by atoms with Gasteiger partial charge in [0.05, 0.1) is 11.3 Å². The third-order valence-corrected chi connectivity index (χ3v) is 5.22. The fourth-order valence-electron chi connectivity index (χ4n) is 2.38. The van der Waals surface area contributed by atoms with Gasteiger partial charge in [0.1, 0.15) is 0 Å². The molecule has 5 nitrogen and oxygen atoms in total. The molecule has 8 heteroatoms. The molecule has 1 heterocycles. The normalized spacial score (nSPS) is 10.7. The van der Waals surface area contributed by atoms with Crippen molar-refractivity contribution in [1.29, 1.82) is 0 Å². The van der Waals surface area contributed by atoms with Crippen LogP contribution in [0.3, 0.4) is 0 Å². The number of rotatable bonds is 5. The summed E-state index contributed by atoms with van der Waals surface area (Å²) in [5, 5.41) is 1.94. The molecule has 0 spiro atoms. The van der Waals surface area contributed by atoms with E-state index in [-0.39, 0.29) is 17.6 Å². The zero-order valence-electron chi connectivity index (χ0n) is 13.5. The second-order valence-corrected chi connectivity index (χ2v) is 7.31. The molecule has 134 valence electrons. The van der Waals surface area contributed by atoms with E-state index in [2.05, 4.69) is 15.8 Å². The highest BCUT2D eigenvalue weighted by atomic mass is 35.5. The van der Waals surface area contributed by atoms with Gasteiger partial charge in [-0.15, -0.1) is 11.8 Å². The fourth-order valence-corrected chi connectivity index (χ4v) is 3.77. The molecular weight excluding hydrogens is 393 g/mol. The third kappa shape index (κ3) is 4.52. The molecular formula is C18H15Cl2N3O2S. The number of para-hydroxylation sites is 1. The maximum Gasteiger partial charge on any atom is 0.271 e. The Hall–Kier alpha value is -2.15. The van der Waals surface area contributed by atoms with Crippen molar-refractivity contribution in [2.45, 2.75) is 5.75 Å². The number of carbonyl (C=O) groups is 2. The lowest BCUT2D eigenvalue weighted by Crippen LogP contribution is -2.42. The molecule has 2 amide bonds. The van der Waals surface area contributed by atoms with Crippen LogP contribution in [0.5, 0.6) is 0 Å². The smallest absolute Gasteiger partial charge is 0.271 e. The lowest BCUT2D eigenvalue weighted by Gasteiger charge is -2.07. The van der Waals surface area contributed by atoms with E-state index in [1.54, 1.807) is 18.3 Å². The molecule has 26 heavy (non-hydrogen) atoms. The van der Waals surface area contributed by atoms with Gasteiger partial charge in [0.25, 0.3) is 5.91 Å². The van der Waals surface area contributed by atoms with Crippen molar-refractivity contribution in [1.82, 2.24) is 15.8 Å². The quantitative estimate of drug-likeness (QED) is 0.555. The fraction of sp³-hybridized carbons (Fsp3) is 0.111. The summed E-state index contributed by atoms with van der Waals surface area (Å²) in [6, 6.07) is 12.7. The summed E-state index contributed by atoms with van der Waals surface area (Å²) in [5.41, 5.74) is 7.08. The number of thioether (sulfide) groups is 1. The van der Waals surface area contributed by atoms with E-state index < -0.39 is 0 Å². The van der Waals surface area contributed by atoms with Gasteiger partial charge in [-0.05, 0) is 23.8 Å². The molecule has 0 unspecified atom stereocenters. The molecule has 0 atom stereocenters. The number of hydrogen-bond acceptors (Lipinski definition) is 3. The average molecular weight is 408 g/mol. The van der Waals surface area contributed by atoms with Gasteiger partial charge in [0.2, 0.25) is 5.91 Å². The Kier molecular flexibility index (Phi) is 6.08. The summed E-state index contributed by atoms with van der Waals surface area (Å²) in [7, 11) is 0. The van der Waals surface area contributed by atoms with Crippen molar-refractivity contribution in [3.05, 3.63) is 69.8 Å². The molecule has 1 aromatic heterocycles. The van der Waals surface area contributed by atoms with Crippen molar-refractivity contribution in [2.75, 3.05) is 5.75 Å². The summed E-state index contributed by atoms with van der Waals surface area (Å²) in [6.07, 6.45) is 1.61. The van der Waals surface area contributed by atoms with Gasteiger partial charge < -0.3 is 4.98 Å². The highest BCUT2D eigenvalue weighted by molar-refractivity contribution is 7.99. The highest BCUT2D eigenvalue weighted by Gasteiger charge is 2.12. The maximum absolute atomic E-state index is 12.2.